The third kappa shape index (κ3) is 5.44. The third-order valence-electron chi connectivity index (χ3n) is 4.31. The Kier molecular flexibility index (Phi) is 6.71. The number of likely N-dealkylation sites (tertiary alicyclic amines) is 1. The van der Waals surface area contributed by atoms with Crippen LogP contribution >= 0.6 is 0 Å². The van der Waals surface area contributed by atoms with Gasteiger partial charge in [-0.15, -0.1) is 0 Å². The molecule has 2 heterocycles. The highest BCUT2D eigenvalue weighted by Gasteiger charge is 2.22. The van der Waals surface area contributed by atoms with Crippen LogP contribution < -0.4 is 0 Å². The van der Waals surface area contributed by atoms with Gasteiger partial charge in [0.2, 0.25) is 0 Å². The molecule has 0 spiro atoms. The summed E-state index contributed by atoms with van der Waals surface area (Å²) in [5.74, 6) is 0.665. The molecule has 0 saturated carbocycles. The van der Waals surface area contributed by atoms with E-state index < -0.39 is 0 Å². The first-order valence-corrected chi connectivity index (χ1v) is 8.45. The van der Waals surface area contributed by atoms with E-state index >= 15 is 0 Å². The normalized spacial score (nSPS) is 20.3. The molecule has 0 aromatic carbocycles. The summed E-state index contributed by atoms with van der Waals surface area (Å²) in [5.41, 5.74) is 2.47. The van der Waals surface area contributed by atoms with Gasteiger partial charge >= 0.3 is 0 Å². The molecule has 1 N–H and O–H groups in total. The Morgan fingerprint density at radius 3 is 3.05 bits per heavy atom. The van der Waals surface area contributed by atoms with Gasteiger partial charge in [0.1, 0.15) is 0 Å². The highest BCUT2D eigenvalue weighted by atomic mass is 16.5. The van der Waals surface area contributed by atoms with E-state index in [0.717, 1.165) is 19.6 Å². The zero-order valence-corrected chi connectivity index (χ0v) is 13.9. The van der Waals surface area contributed by atoms with Crippen LogP contribution in [0.25, 0.3) is 0 Å². The second-order valence-electron chi connectivity index (χ2n) is 6.74. The predicted octanol–water partition coefficient (Wildman–Crippen LogP) is 3.39. The molecule has 0 aliphatic carbocycles. The van der Waals surface area contributed by atoms with Gasteiger partial charge in [0.05, 0.1) is 5.69 Å². The SMILES string of the molecule is COCCC[C@@H]1CCCCN1Cc1cc(CC(C)C)n[nH]1. The topological polar surface area (TPSA) is 41.1 Å². The first-order valence-electron chi connectivity index (χ1n) is 8.45. The molecular formula is C17H31N3O. The summed E-state index contributed by atoms with van der Waals surface area (Å²) in [7, 11) is 1.79. The van der Waals surface area contributed by atoms with Gasteiger partial charge in [-0.1, -0.05) is 20.3 Å². The van der Waals surface area contributed by atoms with Crippen LogP contribution in [0, 0.1) is 5.92 Å². The maximum atomic E-state index is 5.19. The monoisotopic (exact) mass is 293 g/mol. The molecule has 1 aromatic heterocycles. The zero-order chi connectivity index (χ0) is 15.1. The molecule has 0 bridgehead atoms. The fourth-order valence-electron chi connectivity index (χ4n) is 3.29. The molecule has 2 rings (SSSR count). The van der Waals surface area contributed by atoms with Gasteiger partial charge in [0.25, 0.3) is 0 Å². The molecule has 0 radical (unpaired) electrons. The fourth-order valence-corrected chi connectivity index (χ4v) is 3.29. The zero-order valence-electron chi connectivity index (χ0n) is 13.9. The van der Waals surface area contributed by atoms with Crippen molar-refractivity contribution in [1.82, 2.24) is 15.1 Å². The van der Waals surface area contributed by atoms with E-state index in [1.165, 1.54) is 50.0 Å². The van der Waals surface area contributed by atoms with Crippen molar-refractivity contribution in [2.75, 3.05) is 20.3 Å². The number of aromatic amines is 1. The van der Waals surface area contributed by atoms with Crippen LogP contribution in [0.5, 0.6) is 0 Å². The van der Waals surface area contributed by atoms with Crippen molar-refractivity contribution in [3.05, 3.63) is 17.5 Å². The van der Waals surface area contributed by atoms with Crippen molar-refractivity contribution in [2.45, 2.75) is 65.0 Å². The Balaban J connectivity index is 1.87. The lowest BCUT2D eigenvalue weighted by atomic mass is 9.98. The minimum absolute atomic E-state index is 0.665. The van der Waals surface area contributed by atoms with Gasteiger partial charge in [0.15, 0.2) is 0 Å². The van der Waals surface area contributed by atoms with E-state index in [1.807, 2.05) is 0 Å². The van der Waals surface area contributed by atoms with E-state index in [2.05, 4.69) is 35.0 Å². The lowest BCUT2D eigenvalue weighted by Gasteiger charge is -2.35. The average molecular weight is 293 g/mol. The van der Waals surface area contributed by atoms with Crippen LogP contribution in [0.4, 0.5) is 0 Å². The van der Waals surface area contributed by atoms with Crippen LogP contribution in [0.2, 0.25) is 0 Å². The number of hydrogen-bond acceptors (Lipinski definition) is 3. The molecule has 1 atom stereocenters. The van der Waals surface area contributed by atoms with E-state index in [1.54, 1.807) is 7.11 Å². The van der Waals surface area contributed by atoms with Crippen molar-refractivity contribution in [1.29, 1.82) is 0 Å². The van der Waals surface area contributed by atoms with Gasteiger partial charge in [-0.25, -0.2) is 0 Å². The molecule has 21 heavy (non-hydrogen) atoms. The van der Waals surface area contributed by atoms with Gasteiger partial charge in [0, 0.05) is 32.0 Å². The van der Waals surface area contributed by atoms with E-state index in [4.69, 9.17) is 4.74 Å². The standard InChI is InChI=1S/C17H31N3O/c1-14(2)11-15-12-16(19-18-15)13-20-9-5-4-7-17(20)8-6-10-21-3/h12,14,17H,4-11,13H2,1-3H3,(H,18,19)/t17-/m0/s1. The minimum atomic E-state index is 0.665. The summed E-state index contributed by atoms with van der Waals surface area (Å²) in [6.07, 6.45) is 7.51. The molecular weight excluding hydrogens is 262 g/mol. The van der Waals surface area contributed by atoms with Crippen molar-refractivity contribution < 1.29 is 4.74 Å². The number of rotatable bonds is 8. The average Bonchev–Trinajstić information content (AvgIpc) is 2.87. The maximum Gasteiger partial charge on any atom is 0.0628 e. The second-order valence-corrected chi connectivity index (χ2v) is 6.74. The molecule has 1 aliphatic rings. The van der Waals surface area contributed by atoms with Crippen molar-refractivity contribution in [3.8, 4) is 0 Å². The van der Waals surface area contributed by atoms with E-state index in [0.29, 0.717) is 12.0 Å². The van der Waals surface area contributed by atoms with Gasteiger partial charge in [-0.05, 0) is 50.6 Å². The molecule has 1 saturated heterocycles. The molecule has 0 amide bonds. The minimum Gasteiger partial charge on any atom is -0.385 e. The Morgan fingerprint density at radius 1 is 1.43 bits per heavy atom. The Hall–Kier alpha value is -0.870. The molecule has 120 valence electrons. The smallest absolute Gasteiger partial charge is 0.0628 e. The molecule has 1 aromatic rings. The van der Waals surface area contributed by atoms with Crippen LogP contribution in [0.1, 0.15) is 57.3 Å². The highest BCUT2D eigenvalue weighted by molar-refractivity contribution is 5.09. The number of methoxy groups -OCH3 is 1. The third-order valence-corrected chi connectivity index (χ3v) is 4.31. The van der Waals surface area contributed by atoms with E-state index in [9.17, 15) is 0 Å². The number of nitrogens with one attached hydrogen (secondary N) is 1. The highest BCUT2D eigenvalue weighted by Crippen LogP contribution is 2.23. The van der Waals surface area contributed by atoms with Crippen molar-refractivity contribution >= 4 is 0 Å². The number of aromatic nitrogens is 2. The quantitative estimate of drug-likeness (QED) is 0.747. The molecule has 4 heteroatoms. The van der Waals surface area contributed by atoms with Crippen LogP contribution in [-0.2, 0) is 17.7 Å². The Bertz CT molecular complexity index is 402. The first kappa shape index (κ1) is 16.5. The van der Waals surface area contributed by atoms with Gasteiger partial charge in [-0.3, -0.25) is 10.00 Å². The number of H-pyrrole nitrogens is 1. The number of nitrogens with zero attached hydrogens (tertiary/aromatic N) is 2. The summed E-state index contributed by atoms with van der Waals surface area (Å²) in [4.78, 5) is 2.63. The summed E-state index contributed by atoms with van der Waals surface area (Å²) in [6, 6.07) is 2.96. The molecule has 1 fully saturated rings. The molecule has 1 aliphatic heterocycles. The maximum absolute atomic E-state index is 5.19. The van der Waals surface area contributed by atoms with Crippen LogP contribution in [-0.4, -0.2) is 41.4 Å². The summed E-state index contributed by atoms with van der Waals surface area (Å²) >= 11 is 0. The summed E-state index contributed by atoms with van der Waals surface area (Å²) in [6.45, 7) is 7.60. The van der Waals surface area contributed by atoms with Crippen LogP contribution in [0.15, 0.2) is 6.07 Å². The number of piperidine rings is 1. The van der Waals surface area contributed by atoms with Gasteiger partial charge < -0.3 is 4.74 Å². The summed E-state index contributed by atoms with van der Waals surface area (Å²) in [5, 5.41) is 7.68. The molecule has 4 nitrogen and oxygen atoms in total. The van der Waals surface area contributed by atoms with Crippen LogP contribution in [0.3, 0.4) is 0 Å². The predicted molar refractivity (Wildman–Crippen MR) is 86.3 cm³/mol. The Morgan fingerprint density at radius 2 is 2.29 bits per heavy atom. The van der Waals surface area contributed by atoms with Gasteiger partial charge in [-0.2, -0.15) is 5.10 Å². The van der Waals surface area contributed by atoms with Crippen molar-refractivity contribution in [3.63, 3.8) is 0 Å². The largest absolute Gasteiger partial charge is 0.385 e. The number of hydrogen-bond donors (Lipinski definition) is 1. The number of ether oxygens (including phenoxy) is 1. The lowest BCUT2D eigenvalue weighted by molar-refractivity contribution is 0.115. The second kappa shape index (κ2) is 8.54. The molecule has 0 unspecified atom stereocenters. The van der Waals surface area contributed by atoms with E-state index in [-0.39, 0.29) is 0 Å². The fraction of sp³-hybridized carbons (Fsp3) is 0.824. The first-order chi connectivity index (χ1) is 10.2. The van der Waals surface area contributed by atoms with Crippen molar-refractivity contribution in [2.24, 2.45) is 5.92 Å². The Labute approximate surface area is 129 Å². The lowest BCUT2D eigenvalue weighted by Crippen LogP contribution is -2.39. The summed E-state index contributed by atoms with van der Waals surface area (Å²) < 4.78 is 5.19.